The molecule has 0 aliphatic carbocycles. The lowest BCUT2D eigenvalue weighted by atomic mass is 9.99. The van der Waals surface area contributed by atoms with Crippen molar-refractivity contribution >= 4 is 34.3 Å². The molecule has 0 amide bonds. The van der Waals surface area contributed by atoms with Gasteiger partial charge in [0, 0.05) is 10.7 Å². The number of anilines is 1. The predicted octanol–water partition coefficient (Wildman–Crippen LogP) is 6.05. The average Bonchev–Trinajstić information content (AvgIpc) is 3.06. The molecule has 1 aliphatic rings. The average molecular weight is 372 g/mol. The zero-order chi connectivity index (χ0) is 18.4. The Labute approximate surface area is 162 Å². The zero-order valence-corrected chi connectivity index (χ0v) is 15.6. The Morgan fingerprint density at radius 2 is 1.78 bits per heavy atom. The van der Waals surface area contributed by atoms with E-state index in [0.717, 1.165) is 33.3 Å². The normalized spacial score (nSPS) is 15.9. The van der Waals surface area contributed by atoms with Gasteiger partial charge in [-0.2, -0.15) is 0 Å². The van der Waals surface area contributed by atoms with Crippen LogP contribution in [0.5, 0.6) is 0 Å². The van der Waals surface area contributed by atoms with Gasteiger partial charge in [-0.15, -0.1) is 0 Å². The van der Waals surface area contributed by atoms with Crippen molar-refractivity contribution < 1.29 is 0 Å². The van der Waals surface area contributed by atoms with E-state index in [1.54, 1.807) is 0 Å². The van der Waals surface area contributed by atoms with E-state index in [0.29, 0.717) is 0 Å². The molecule has 5 rings (SSSR count). The van der Waals surface area contributed by atoms with Crippen LogP contribution in [0.2, 0.25) is 5.02 Å². The molecule has 4 aromatic rings. The van der Waals surface area contributed by atoms with Crippen LogP contribution in [0.4, 0.5) is 5.95 Å². The van der Waals surface area contributed by atoms with Gasteiger partial charge in [0.2, 0.25) is 5.95 Å². The number of nitrogens with zero attached hydrogens (tertiary/aromatic N) is 2. The van der Waals surface area contributed by atoms with Gasteiger partial charge in [-0.3, -0.25) is 4.57 Å². The summed E-state index contributed by atoms with van der Waals surface area (Å²) in [6.07, 6.45) is 2.26. The molecule has 1 unspecified atom stereocenters. The number of hydrogen-bond donors (Lipinski definition) is 1. The number of halogens is 1. The SMILES string of the molecule is Cc1cccc(C2C=C(c3ccc(Cl)cc3)Nc3nc4ccccc4n32)c1. The van der Waals surface area contributed by atoms with E-state index < -0.39 is 0 Å². The van der Waals surface area contributed by atoms with Gasteiger partial charge < -0.3 is 5.32 Å². The van der Waals surface area contributed by atoms with Crippen molar-refractivity contribution in [3.63, 3.8) is 0 Å². The molecule has 132 valence electrons. The van der Waals surface area contributed by atoms with Crippen LogP contribution < -0.4 is 5.32 Å². The van der Waals surface area contributed by atoms with Crippen LogP contribution in [0.1, 0.15) is 22.7 Å². The van der Waals surface area contributed by atoms with Gasteiger partial charge in [-0.05, 0) is 48.4 Å². The summed E-state index contributed by atoms with van der Waals surface area (Å²) in [6.45, 7) is 2.13. The predicted molar refractivity (Wildman–Crippen MR) is 112 cm³/mol. The molecular formula is C23H18ClN3. The van der Waals surface area contributed by atoms with Gasteiger partial charge in [0.25, 0.3) is 0 Å². The number of nitrogens with one attached hydrogen (secondary N) is 1. The summed E-state index contributed by atoms with van der Waals surface area (Å²) in [5.74, 6) is 0.857. The molecule has 0 spiro atoms. The zero-order valence-electron chi connectivity index (χ0n) is 14.9. The molecular weight excluding hydrogens is 354 g/mol. The Morgan fingerprint density at radius 1 is 0.963 bits per heavy atom. The van der Waals surface area contributed by atoms with E-state index in [1.807, 2.05) is 30.3 Å². The number of fused-ring (bicyclic) bond motifs is 3. The quantitative estimate of drug-likeness (QED) is 0.464. The summed E-state index contributed by atoms with van der Waals surface area (Å²) in [6, 6.07) is 24.9. The van der Waals surface area contributed by atoms with Crippen molar-refractivity contribution in [3.8, 4) is 0 Å². The first-order valence-corrected chi connectivity index (χ1v) is 9.35. The molecule has 0 saturated heterocycles. The van der Waals surface area contributed by atoms with Crippen LogP contribution in [0.3, 0.4) is 0 Å². The van der Waals surface area contributed by atoms with Gasteiger partial charge in [0.15, 0.2) is 0 Å². The Bertz CT molecular complexity index is 1170. The van der Waals surface area contributed by atoms with Gasteiger partial charge in [0.1, 0.15) is 0 Å². The minimum absolute atomic E-state index is 0.0687. The number of para-hydroxylation sites is 2. The molecule has 27 heavy (non-hydrogen) atoms. The molecule has 3 nitrogen and oxygen atoms in total. The third-order valence-electron chi connectivity index (χ3n) is 4.98. The standard InChI is InChI=1S/C23H18ClN3/c1-15-5-4-6-17(13-15)22-14-20(16-9-11-18(24)12-10-16)26-23-25-19-7-2-3-8-21(19)27(22)23/h2-14,22H,1H3,(H,25,26). The van der Waals surface area contributed by atoms with E-state index in [-0.39, 0.29) is 6.04 Å². The van der Waals surface area contributed by atoms with Gasteiger partial charge in [0.05, 0.1) is 17.1 Å². The fraction of sp³-hybridized carbons (Fsp3) is 0.0870. The second-order valence-corrected chi connectivity index (χ2v) is 7.30. The maximum atomic E-state index is 6.07. The topological polar surface area (TPSA) is 29.9 Å². The van der Waals surface area contributed by atoms with Crippen molar-refractivity contribution in [2.75, 3.05) is 5.32 Å². The second-order valence-electron chi connectivity index (χ2n) is 6.87. The number of allylic oxidation sites excluding steroid dienone is 1. The van der Waals surface area contributed by atoms with Crippen LogP contribution in [0.15, 0.2) is 78.9 Å². The largest absolute Gasteiger partial charge is 0.325 e. The molecule has 1 aliphatic heterocycles. The summed E-state index contributed by atoms with van der Waals surface area (Å²) < 4.78 is 2.27. The summed E-state index contributed by atoms with van der Waals surface area (Å²) in [5, 5.41) is 4.24. The Hall–Kier alpha value is -3.04. The highest BCUT2D eigenvalue weighted by Crippen LogP contribution is 2.37. The first kappa shape index (κ1) is 16.2. The van der Waals surface area contributed by atoms with Crippen LogP contribution in [0, 0.1) is 6.92 Å². The fourth-order valence-electron chi connectivity index (χ4n) is 3.71. The van der Waals surface area contributed by atoms with Gasteiger partial charge in [-0.1, -0.05) is 65.7 Å². The second kappa shape index (κ2) is 6.29. The highest BCUT2D eigenvalue weighted by atomic mass is 35.5. The van der Waals surface area contributed by atoms with Gasteiger partial charge >= 0.3 is 0 Å². The van der Waals surface area contributed by atoms with Crippen LogP contribution >= 0.6 is 11.6 Å². The van der Waals surface area contributed by atoms with E-state index in [4.69, 9.17) is 16.6 Å². The number of benzene rings is 3. The van der Waals surface area contributed by atoms with Crippen molar-refractivity contribution in [3.05, 3.63) is 101 Å². The fourth-order valence-corrected chi connectivity index (χ4v) is 3.83. The lowest BCUT2D eigenvalue weighted by Crippen LogP contribution is -2.19. The highest BCUT2D eigenvalue weighted by molar-refractivity contribution is 6.30. The highest BCUT2D eigenvalue weighted by Gasteiger charge is 2.25. The third-order valence-corrected chi connectivity index (χ3v) is 5.24. The molecule has 0 saturated carbocycles. The molecule has 0 radical (unpaired) electrons. The smallest absolute Gasteiger partial charge is 0.209 e. The monoisotopic (exact) mass is 371 g/mol. The van der Waals surface area contributed by atoms with E-state index in [2.05, 4.69) is 65.3 Å². The van der Waals surface area contributed by atoms with Crippen molar-refractivity contribution in [1.29, 1.82) is 0 Å². The molecule has 1 N–H and O–H groups in total. The van der Waals surface area contributed by atoms with Crippen LogP contribution in [-0.4, -0.2) is 9.55 Å². The Kier molecular flexibility index (Phi) is 3.76. The summed E-state index contributed by atoms with van der Waals surface area (Å²) in [7, 11) is 0. The van der Waals surface area contributed by atoms with Crippen LogP contribution in [0.25, 0.3) is 16.7 Å². The minimum atomic E-state index is 0.0687. The molecule has 2 heterocycles. The number of hydrogen-bond acceptors (Lipinski definition) is 2. The first-order chi connectivity index (χ1) is 13.2. The molecule has 1 aromatic heterocycles. The number of aryl methyl sites for hydroxylation is 1. The molecule has 0 fully saturated rings. The summed E-state index contributed by atoms with van der Waals surface area (Å²) in [4.78, 5) is 4.83. The lowest BCUT2D eigenvalue weighted by Gasteiger charge is -2.27. The Balaban J connectivity index is 1.72. The lowest BCUT2D eigenvalue weighted by molar-refractivity contribution is 0.720. The van der Waals surface area contributed by atoms with Crippen molar-refractivity contribution in [2.45, 2.75) is 13.0 Å². The van der Waals surface area contributed by atoms with Gasteiger partial charge in [-0.25, -0.2) is 4.98 Å². The van der Waals surface area contributed by atoms with E-state index in [1.165, 1.54) is 11.1 Å². The Morgan fingerprint density at radius 3 is 2.59 bits per heavy atom. The molecule has 0 bridgehead atoms. The minimum Gasteiger partial charge on any atom is -0.325 e. The summed E-state index contributed by atoms with van der Waals surface area (Å²) >= 11 is 6.07. The van der Waals surface area contributed by atoms with Crippen molar-refractivity contribution in [2.24, 2.45) is 0 Å². The van der Waals surface area contributed by atoms with Crippen molar-refractivity contribution in [1.82, 2.24) is 9.55 Å². The number of aromatic nitrogens is 2. The molecule has 3 aromatic carbocycles. The maximum absolute atomic E-state index is 6.07. The van der Waals surface area contributed by atoms with E-state index in [9.17, 15) is 0 Å². The summed E-state index contributed by atoms with van der Waals surface area (Å²) in [5.41, 5.74) is 6.74. The first-order valence-electron chi connectivity index (χ1n) is 8.97. The molecule has 1 atom stereocenters. The number of imidazole rings is 1. The maximum Gasteiger partial charge on any atom is 0.209 e. The van der Waals surface area contributed by atoms with Crippen LogP contribution in [-0.2, 0) is 0 Å². The third kappa shape index (κ3) is 2.81. The van der Waals surface area contributed by atoms with E-state index >= 15 is 0 Å². The molecule has 4 heteroatoms. The number of rotatable bonds is 2.